The molecule has 1 heterocycles. The van der Waals surface area contributed by atoms with E-state index in [0.717, 1.165) is 0 Å². The van der Waals surface area contributed by atoms with E-state index in [4.69, 9.17) is 0 Å². The fraction of sp³-hybridized carbons (Fsp3) is 0. The van der Waals surface area contributed by atoms with Crippen molar-refractivity contribution in [1.29, 1.82) is 0 Å². The van der Waals surface area contributed by atoms with Crippen LogP contribution in [0.5, 0.6) is 0 Å². The highest BCUT2D eigenvalue weighted by Gasteiger charge is 2.08. The smallest absolute Gasteiger partial charge is 0.258 e. The molecular weight excluding hydrogens is 218 g/mol. The molecule has 0 aliphatic rings. The van der Waals surface area contributed by atoms with Gasteiger partial charge in [0, 0.05) is 12.3 Å². The topological polar surface area (TPSA) is 68.9 Å². The number of hydrogen-bond acceptors (Lipinski definition) is 4. The Hall–Kier alpha value is -2.56. The Morgan fingerprint density at radius 3 is 2.71 bits per heavy atom. The summed E-state index contributed by atoms with van der Waals surface area (Å²) in [6.45, 7) is 0. The summed E-state index contributed by atoms with van der Waals surface area (Å²) in [6, 6.07) is 8.29. The molecule has 1 aromatic heterocycles. The summed E-state index contributed by atoms with van der Waals surface area (Å²) < 4.78 is 0. The molecule has 0 bridgehead atoms. The third-order valence-electron chi connectivity index (χ3n) is 2.17. The third kappa shape index (κ3) is 2.72. The Morgan fingerprint density at radius 1 is 1.18 bits per heavy atom. The molecule has 2 aromatic rings. The molecule has 84 valence electrons. The van der Waals surface area contributed by atoms with Crippen LogP contribution in [-0.4, -0.2) is 14.9 Å². The van der Waals surface area contributed by atoms with Crippen molar-refractivity contribution in [2.45, 2.75) is 0 Å². The van der Waals surface area contributed by atoms with Gasteiger partial charge in [-0.3, -0.25) is 10.1 Å². The second-order valence-corrected chi connectivity index (χ2v) is 3.28. The van der Waals surface area contributed by atoms with E-state index in [1.165, 1.54) is 12.4 Å². The molecule has 0 amide bonds. The molecule has 0 fully saturated rings. The third-order valence-corrected chi connectivity index (χ3v) is 2.17. The summed E-state index contributed by atoms with van der Waals surface area (Å²) in [7, 11) is 0. The van der Waals surface area contributed by atoms with Gasteiger partial charge in [0.05, 0.1) is 16.2 Å². The van der Waals surface area contributed by atoms with Crippen LogP contribution in [0.4, 0.5) is 5.69 Å². The molecule has 0 aliphatic heterocycles. The second kappa shape index (κ2) is 4.98. The van der Waals surface area contributed by atoms with Crippen molar-refractivity contribution < 1.29 is 4.92 Å². The highest BCUT2D eigenvalue weighted by atomic mass is 16.6. The van der Waals surface area contributed by atoms with Gasteiger partial charge < -0.3 is 0 Å². The van der Waals surface area contributed by atoms with Crippen LogP contribution in [0.15, 0.2) is 42.9 Å². The Balaban J connectivity index is 2.30. The van der Waals surface area contributed by atoms with Gasteiger partial charge in [-0.15, -0.1) is 0 Å². The van der Waals surface area contributed by atoms with Crippen molar-refractivity contribution in [3.8, 4) is 0 Å². The number of aromatic nitrogens is 2. The zero-order chi connectivity index (χ0) is 12.1. The first-order chi connectivity index (χ1) is 8.27. The molecule has 17 heavy (non-hydrogen) atoms. The maximum Gasteiger partial charge on any atom is 0.276 e. The average Bonchev–Trinajstić information content (AvgIpc) is 2.38. The molecule has 5 nitrogen and oxygen atoms in total. The normalized spacial score (nSPS) is 10.6. The summed E-state index contributed by atoms with van der Waals surface area (Å²) in [6.07, 6.45) is 6.43. The summed E-state index contributed by atoms with van der Waals surface area (Å²) in [4.78, 5) is 18.2. The quantitative estimate of drug-likeness (QED) is 0.596. The highest BCUT2D eigenvalue weighted by Crippen LogP contribution is 2.19. The maximum absolute atomic E-state index is 10.8. The van der Waals surface area contributed by atoms with E-state index in [2.05, 4.69) is 9.97 Å². The molecule has 0 unspecified atom stereocenters. The van der Waals surface area contributed by atoms with E-state index in [1.807, 2.05) is 0 Å². The minimum atomic E-state index is -0.403. The van der Waals surface area contributed by atoms with Gasteiger partial charge >= 0.3 is 0 Å². The van der Waals surface area contributed by atoms with Crippen LogP contribution in [0, 0.1) is 10.1 Å². The van der Waals surface area contributed by atoms with Crippen LogP contribution in [0.1, 0.15) is 11.3 Å². The summed E-state index contributed by atoms with van der Waals surface area (Å²) in [5.74, 6) is 0. The number of nitro benzene ring substituents is 1. The van der Waals surface area contributed by atoms with Crippen molar-refractivity contribution in [2.75, 3.05) is 0 Å². The number of benzene rings is 1. The Labute approximate surface area is 97.6 Å². The van der Waals surface area contributed by atoms with E-state index in [-0.39, 0.29) is 5.69 Å². The van der Waals surface area contributed by atoms with Crippen molar-refractivity contribution in [2.24, 2.45) is 0 Å². The Bertz CT molecular complexity index is 553. The predicted molar refractivity (Wildman–Crippen MR) is 64.1 cm³/mol. The molecule has 0 N–H and O–H groups in total. The zero-order valence-electron chi connectivity index (χ0n) is 8.85. The first-order valence-corrected chi connectivity index (χ1v) is 4.95. The van der Waals surface area contributed by atoms with Gasteiger partial charge in [-0.05, 0) is 24.3 Å². The molecule has 1 aromatic carbocycles. The predicted octanol–water partition coefficient (Wildman–Crippen LogP) is 2.56. The van der Waals surface area contributed by atoms with Crippen LogP contribution in [0.25, 0.3) is 12.2 Å². The first-order valence-electron chi connectivity index (χ1n) is 4.95. The van der Waals surface area contributed by atoms with E-state index in [0.29, 0.717) is 11.3 Å². The van der Waals surface area contributed by atoms with Crippen LogP contribution in [-0.2, 0) is 0 Å². The molecular formula is C12H9N3O2. The number of para-hydroxylation sites is 1. The number of nitro groups is 1. The van der Waals surface area contributed by atoms with Crippen LogP contribution >= 0.6 is 0 Å². The highest BCUT2D eigenvalue weighted by molar-refractivity contribution is 5.72. The van der Waals surface area contributed by atoms with Gasteiger partial charge in [-0.25, -0.2) is 9.97 Å². The largest absolute Gasteiger partial charge is 0.276 e. The van der Waals surface area contributed by atoms with Crippen molar-refractivity contribution in [3.05, 3.63) is 64.2 Å². The van der Waals surface area contributed by atoms with Gasteiger partial charge in [-0.1, -0.05) is 12.1 Å². The average molecular weight is 227 g/mol. The molecule has 0 saturated heterocycles. The lowest BCUT2D eigenvalue weighted by Crippen LogP contribution is -1.90. The SMILES string of the molecule is O=[N+]([O-])c1ccccc1/C=C/c1ccncn1. The van der Waals surface area contributed by atoms with Gasteiger partial charge in [-0.2, -0.15) is 0 Å². The van der Waals surface area contributed by atoms with E-state index < -0.39 is 4.92 Å². The molecule has 0 aliphatic carbocycles. The summed E-state index contributed by atoms with van der Waals surface area (Å²) in [5.41, 5.74) is 1.34. The lowest BCUT2D eigenvalue weighted by atomic mass is 10.1. The zero-order valence-corrected chi connectivity index (χ0v) is 8.85. The van der Waals surface area contributed by atoms with Crippen LogP contribution < -0.4 is 0 Å². The van der Waals surface area contributed by atoms with Crippen molar-refractivity contribution in [3.63, 3.8) is 0 Å². The van der Waals surface area contributed by atoms with E-state index >= 15 is 0 Å². The molecule has 0 atom stereocenters. The number of rotatable bonds is 3. The molecule has 2 rings (SSSR count). The standard InChI is InChI=1S/C12H9N3O2/c16-15(17)12-4-2-1-3-10(12)5-6-11-7-8-13-9-14-11/h1-9H/b6-5+. The molecule has 0 radical (unpaired) electrons. The summed E-state index contributed by atoms with van der Waals surface area (Å²) in [5, 5.41) is 10.8. The van der Waals surface area contributed by atoms with Gasteiger partial charge in [0.15, 0.2) is 0 Å². The molecule has 0 saturated carbocycles. The van der Waals surface area contributed by atoms with Crippen LogP contribution in [0.2, 0.25) is 0 Å². The van der Waals surface area contributed by atoms with Gasteiger partial charge in [0.1, 0.15) is 6.33 Å². The lowest BCUT2D eigenvalue weighted by molar-refractivity contribution is -0.385. The summed E-state index contributed by atoms with van der Waals surface area (Å²) >= 11 is 0. The minimum Gasteiger partial charge on any atom is -0.258 e. The maximum atomic E-state index is 10.8. The fourth-order valence-corrected chi connectivity index (χ4v) is 1.37. The number of nitrogens with zero attached hydrogens (tertiary/aromatic N) is 3. The first kappa shape index (κ1) is 10.9. The van der Waals surface area contributed by atoms with Crippen molar-refractivity contribution in [1.82, 2.24) is 9.97 Å². The number of hydrogen-bond donors (Lipinski definition) is 0. The Kier molecular flexibility index (Phi) is 3.20. The Morgan fingerprint density at radius 2 is 2.00 bits per heavy atom. The van der Waals surface area contributed by atoms with E-state index in [9.17, 15) is 10.1 Å². The molecule has 0 spiro atoms. The van der Waals surface area contributed by atoms with Gasteiger partial charge in [0.2, 0.25) is 0 Å². The minimum absolute atomic E-state index is 0.0813. The second-order valence-electron chi connectivity index (χ2n) is 3.28. The fourth-order valence-electron chi connectivity index (χ4n) is 1.37. The lowest BCUT2D eigenvalue weighted by Gasteiger charge is -1.96. The van der Waals surface area contributed by atoms with E-state index in [1.54, 1.807) is 42.6 Å². The van der Waals surface area contributed by atoms with Crippen LogP contribution in [0.3, 0.4) is 0 Å². The monoisotopic (exact) mass is 227 g/mol. The van der Waals surface area contributed by atoms with Crippen molar-refractivity contribution >= 4 is 17.8 Å². The molecule has 5 heteroatoms. The van der Waals surface area contributed by atoms with Gasteiger partial charge in [0.25, 0.3) is 5.69 Å².